The van der Waals surface area contributed by atoms with Crippen molar-refractivity contribution in [3.63, 3.8) is 0 Å². The van der Waals surface area contributed by atoms with Crippen LogP contribution in [0.3, 0.4) is 0 Å². The topological polar surface area (TPSA) is 55.1 Å². The SMILES string of the molecule is CC(C)(CCN)CCC(=O)Nc1ccccc1SC(F)F. The largest absolute Gasteiger partial charge is 0.330 e. The predicted molar refractivity (Wildman–Crippen MR) is 83.6 cm³/mol. The van der Waals surface area contributed by atoms with E-state index in [0.717, 1.165) is 6.42 Å². The van der Waals surface area contributed by atoms with E-state index in [9.17, 15) is 13.6 Å². The van der Waals surface area contributed by atoms with Gasteiger partial charge in [0.15, 0.2) is 0 Å². The molecule has 1 amide bonds. The molecule has 0 saturated heterocycles. The van der Waals surface area contributed by atoms with Crippen molar-refractivity contribution in [2.45, 2.75) is 43.8 Å². The molecule has 118 valence electrons. The van der Waals surface area contributed by atoms with Gasteiger partial charge in [-0.25, -0.2) is 0 Å². The fourth-order valence-corrected chi connectivity index (χ4v) is 2.54. The van der Waals surface area contributed by atoms with E-state index in [0.29, 0.717) is 41.7 Å². The second-order valence-electron chi connectivity index (χ2n) is 5.63. The Morgan fingerprint density at radius 2 is 2.00 bits per heavy atom. The summed E-state index contributed by atoms with van der Waals surface area (Å²) in [6, 6.07) is 6.59. The summed E-state index contributed by atoms with van der Waals surface area (Å²) in [6.45, 7) is 4.71. The van der Waals surface area contributed by atoms with Crippen molar-refractivity contribution < 1.29 is 13.6 Å². The number of anilines is 1. The van der Waals surface area contributed by atoms with Crippen LogP contribution in [0.5, 0.6) is 0 Å². The molecule has 1 aromatic carbocycles. The zero-order valence-electron chi connectivity index (χ0n) is 12.4. The molecule has 0 fully saturated rings. The third-order valence-electron chi connectivity index (χ3n) is 3.23. The molecule has 1 aromatic rings. The third-order valence-corrected chi connectivity index (χ3v) is 4.02. The molecule has 0 radical (unpaired) electrons. The Labute approximate surface area is 128 Å². The van der Waals surface area contributed by atoms with Crippen LogP contribution in [0, 0.1) is 5.41 Å². The van der Waals surface area contributed by atoms with Gasteiger partial charge in [0.2, 0.25) is 5.91 Å². The maximum Gasteiger partial charge on any atom is 0.288 e. The highest BCUT2D eigenvalue weighted by Crippen LogP contribution is 2.32. The molecular weight excluding hydrogens is 294 g/mol. The lowest BCUT2D eigenvalue weighted by Gasteiger charge is -2.23. The lowest BCUT2D eigenvalue weighted by atomic mass is 9.84. The van der Waals surface area contributed by atoms with Crippen molar-refractivity contribution in [2.24, 2.45) is 11.1 Å². The summed E-state index contributed by atoms with van der Waals surface area (Å²) >= 11 is 0.434. The van der Waals surface area contributed by atoms with Crippen molar-refractivity contribution in [2.75, 3.05) is 11.9 Å². The normalized spacial score (nSPS) is 11.7. The van der Waals surface area contributed by atoms with Crippen LogP contribution in [0.2, 0.25) is 0 Å². The quantitative estimate of drug-likeness (QED) is 0.710. The van der Waals surface area contributed by atoms with Crippen LogP contribution in [-0.2, 0) is 4.79 Å². The summed E-state index contributed by atoms with van der Waals surface area (Å²) in [4.78, 5) is 12.3. The molecule has 3 nitrogen and oxygen atoms in total. The Morgan fingerprint density at radius 3 is 2.62 bits per heavy atom. The summed E-state index contributed by atoms with van der Waals surface area (Å²) in [5.74, 6) is -2.67. The van der Waals surface area contributed by atoms with Crippen molar-refractivity contribution in [3.05, 3.63) is 24.3 Å². The van der Waals surface area contributed by atoms with E-state index in [1.165, 1.54) is 0 Å². The van der Waals surface area contributed by atoms with Gasteiger partial charge in [0, 0.05) is 11.3 Å². The summed E-state index contributed by atoms with van der Waals surface area (Å²) < 4.78 is 24.9. The monoisotopic (exact) mass is 316 g/mol. The number of thioether (sulfide) groups is 1. The van der Waals surface area contributed by atoms with E-state index in [2.05, 4.69) is 19.2 Å². The maximum atomic E-state index is 12.5. The number of nitrogens with two attached hydrogens (primary N) is 1. The zero-order chi connectivity index (χ0) is 15.9. The average Bonchev–Trinajstić information content (AvgIpc) is 2.38. The highest BCUT2D eigenvalue weighted by Gasteiger charge is 2.19. The average molecular weight is 316 g/mol. The van der Waals surface area contributed by atoms with Crippen LogP contribution in [0.4, 0.5) is 14.5 Å². The zero-order valence-corrected chi connectivity index (χ0v) is 13.2. The van der Waals surface area contributed by atoms with Gasteiger partial charge in [-0.15, -0.1) is 0 Å². The van der Waals surface area contributed by atoms with E-state index in [-0.39, 0.29) is 11.3 Å². The van der Waals surface area contributed by atoms with Crippen molar-refractivity contribution >= 4 is 23.4 Å². The predicted octanol–water partition coefficient (Wildman–Crippen LogP) is 4.10. The highest BCUT2D eigenvalue weighted by molar-refractivity contribution is 7.99. The molecule has 0 spiro atoms. The molecule has 0 aromatic heterocycles. The molecule has 0 aliphatic heterocycles. The number of benzene rings is 1. The Morgan fingerprint density at radius 1 is 1.33 bits per heavy atom. The first kappa shape index (κ1) is 17.9. The van der Waals surface area contributed by atoms with Crippen LogP contribution in [-0.4, -0.2) is 18.2 Å². The van der Waals surface area contributed by atoms with Gasteiger partial charge in [0.1, 0.15) is 0 Å². The van der Waals surface area contributed by atoms with Crippen LogP contribution >= 0.6 is 11.8 Å². The van der Waals surface area contributed by atoms with Crippen LogP contribution < -0.4 is 11.1 Å². The van der Waals surface area contributed by atoms with Crippen molar-refractivity contribution in [1.29, 1.82) is 0 Å². The highest BCUT2D eigenvalue weighted by atomic mass is 32.2. The first-order valence-corrected chi connectivity index (χ1v) is 7.76. The number of carbonyl (C=O) groups is 1. The van der Waals surface area contributed by atoms with Gasteiger partial charge in [-0.05, 0) is 36.9 Å². The first-order chi connectivity index (χ1) is 9.84. The molecule has 21 heavy (non-hydrogen) atoms. The van der Waals surface area contributed by atoms with Gasteiger partial charge in [-0.1, -0.05) is 37.7 Å². The fourth-order valence-electron chi connectivity index (χ4n) is 1.95. The molecule has 0 aliphatic carbocycles. The molecule has 1 rings (SSSR count). The Hall–Kier alpha value is -1.14. The molecular formula is C15H22F2N2OS. The summed E-state index contributed by atoms with van der Waals surface area (Å²) in [7, 11) is 0. The fraction of sp³-hybridized carbons (Fsp3) is 0.533. The number of alkyl halides is 2. The van der Waals surface area contributed by atoms with Gasteiger partial charge in [0.25, 0.3) is 5.76 Å². The molecule has 0 aliphatic rings. The smallest absolute Gasteiger partial charge is 0.288 e. The molecule has 0 heterocycles. The number of carbonyl (C=O) groups excluding carboxylic acids is 1. The Bertz CT molecular complexity index is 467. The van der Waals surface area contributed by atoms with E-state index in [1.807, 2.05) is 0 Å². The lowest BCUT2D eigenvalue weighted by molar-refractivity contribution is -0.116. The summed E-state index contributed by atoms with van der Waals surface area (Å²) in [5, 5.41) is 2.71. The van der Waals surface area contributed by atoms with E-state index >= 15 is 0 Å². The number of hydrogen-bond donors (Lipinski definition) is 2. The van der Waals surface area contributed by atoms with Crippen LogP contribution in [0.1, 0.15) is 33.1 Å². The summed E-state index contributed by atoms with van der Waals surface area (Å²) in [6.07, 6.45) is 1.90. The number of halogens is 2. The Kier molecular flexibility index (Phi) is 7.11. The number of amides is 1. The van der Waals surface area contributed by atoms with Gasteiger partial charge < -0.3 is 11.1 Å². The molecule has 0 atom stereocenters. The lowest BCUT2D eigenvalue weighted by Crippen LogP contribution is -2.20. The minimum absolute atomic E-state index is 0.00330. The van der Waals surface area contributed by atoms with E-state index in [1.54, 1.807) is 24.3 Å². The number of rotatable bonds is 8. The van der Waals surface area contributed by atoms with Gasteiger partial charge in [0.05, 0.1) is 5.69 Å². The number of nitrogens with one attached hydrogen (secondary N) is 1. The maximum absolute atomic E-state index is 12.5. The standard InChI is InChI=1S/C15H22F2N2OS/c1-15(2,9-10-18)8-7-13(20)19-11-5-3-4-6-12(11)21-14(16)17/h3-6,14H,7-10,18H2,1-2H3,(H,19,20). The molecule has 0 unspecified atom stereocenters. The Balaban J connectivity index is 2.59. The van der Waals surface area contributed by atoms with Crippen LogP contribution in [0.25, 0.3) is 0 Å². The third kappa shape index (κ3) is 6.91. The minimum atomic E-state index is -2.51. The van der Waals surface area contributed by atoms with Crippen LogP contribution in [0.15, 0.2) is 29.2 Å². The molecule has 6 heteroatoms. The van der Waals surface area contributed by atoms with E-state index in [4.69, 9.17) is 5.73 Å². The van der Waals surface area contributed by atoms with Gasteiger partial charge >= 0.3 is 0 Å². The minimum Gasteiger partial charge on any atom is -0.330 e. The van der Waals surface area contributed by atoms with Gasteiger partial charge in [-0.3, -0.25) is 4.79 Å². The second-order valence-corrected chi connectivity index (χ2v) is 6.66. The second kappa shape index (κ2) is 8.34. The molecule has 0 bridgehead atoms. The van der Waals surface area contributed by atoms with Crippen molar-refractivity contribution in [3.8, 4) is 0 Å². The van der Waals surface area contributed by atoms with E-state index < -0.39 is 5.76 Å². The number of hydrogen-bond acceptors (Lipinski definition) is 3. The van der Waals surface area contributed by atoms with Gasteiger partial charge in [-0.2, -0.15) is 8.78 Å². The molecule has 3 N–H and O–H groups in total. The summed E-state index contributed by atoms with van der Waals surface area (Å²) in [5.41, 5.74) is 5.97. The first-order valence-electron chi connectivity index (χ1n) is 6.88. The van der Waals surface area contributed by atoms with Crippen molar-refractivity contribution in [1.82, 2.24) is 0 Å². The number of para-hydroxylation sites is 1. The molecule has 0 saturated carbocycles.